The van der Waals surface area contributed by atoms with Crippen LogP contribution >= 0.6 is 23.3 Å². The van der Waals surface area contributed by atoms with E-state index in [1.54, 1.807) is 44.3 Å². The third-order valence-corrected chi connectivity index (χ3v) is 7.25. The van der Waals surface area contributed by atoms with Crippen LogP contribution in [0.5, 0.6) is 0 Å². The van der Waals surface area contributed by atoms with Crippen LogP contribution in [0.3, 0.4) is 0 Å². The Morgan fingerprint density at radius 1 is 1.15 bits per heavy atom. The fourth-order valence-electron chi connectivity index (χ4n) is 3.31. The first-order chi connectivity index (χ1) is 15.7. The van der Waals surface area contributed by atoms with E-state index in [0.717, 1.165) is 17.3 Å². The SMILES string of the molecule is Cc1ccc(C(=O)N(C)Cc2ccc(F)cc2Cl)c(NS(=O)(=O)c2cccc3nsnc23)c1. The predicted molar refractivity (Wildman–Crippen MR) is 127 cm³/mol. The van der Waals surface area contributed by atoms with Crippen molar-refractivity contribution in [3.8, 4) is 0 Å². The summed E-state index contributed by atoms with van der Waals surface area (Å²) in [4.78, 5) is 14.6. The van der Waals surface area contributed by atoms with Gasteiger partial charge in [-0.2, -0.15) is 8.75 Å². The average molecular weight is 505 g/mol. The Bertz CT molecular complexity index is 1470. The van der Waals surface area contributed by atoms with E-state index in [4.69, 9.17) is 11.6 Å². The molecule has 0 aliphatic heterocycles. The quantitative estimate of drug-likeness (QED) is 0.404. The van der Waals surface area contributed by atoms with Crippen LogP contribution in [0.25, 0.3) is 11.0 Å². The van der Waals surface area contributed by atoms with E-state index >= 15 is 0 Å². The van der Waals surface area contributed by atoms with Gasteiger partial charge in [0.2, 0.25) is 0 Å². The molecule has 4 aromatic rings. The fourth-order valence-corrected chi connectivity index (χ4v) is 5.38. The molecule has 0 aliphatic rings. The lowest BCUT2D eigenvalue weighted by Crippen LogP contribution is -2.28. The second kappa shape index (κ2) is 9.05. The van der Waals surface area contributed by atoms with E-state index in [-0.39, 0.29) is 33.2 Å². The monoisotopic (exact) mass is 504 g/mol. The number of hydrogen-bond donors (Lipinski definition) is 1. The normalized spacial score (nSPS) is 11.5. The van der Waals surface area contributed by atoms with Crippen LogP contribution in [0.2, 0.25) is 5.02 Å². The van der Waals surface area contributed by atoms with Crippen molar-refractivity contribution in [3.63, 3.8) is 0 Å². The van der Waals surface area contributed by atoms with Crippen molar-refractivity contribution < 1.29 is 17.6 Å². The van der Waals surface area contributed by atoms with Crippen molar-refractivity contribution in [2.75, 3.05) is 11.8 Å². The minimum Gasteiger partial charge on any atom is -0.337 e. The third-order valence-electron chi connectivity index (χ3n) is 4.96. The first-order valence-corrected chi connectivity index (χ1v) is 12.3. The summed E-state index contributed by atoms with van der Waals surface area (Å²) in [6.07, 6.45) is 0. The standard InChI is InChI=1S/C22H18ClFN4O3S2/c1-13-6-9-16(22(29)28(2)12-14-7-8-15(24)11-17(14)23)19(10-13)27-33(30,31)20-5-3-4-18-21(20)26-32-25-18/h3-11,27H,12H2,1-2H3. The van der Waals surface area contributed by atoms with E-state index < -0.39 is 21.7 Å². The summed E-state index contributed by atoms with van der Waals surface area (Å²) >= 11 is 7.01. The van der Waals surface area contributed by atoms with Crippen LogP contribution in [0.4, 0.5) is 10.1 Å². The molecule has 11 heteroatoms. The molecule has 0 fully saturated rings. The Hall–Kier alpha value is -3.08. The Balaban J connectivity index is 1.66. The molecule has 0 bridgehead atoms. The number of carbonyl (C=O) groups excluding carboxylic acids is 1. The van der Waals surface area contributed by atoms with Gasteiger partial charge in [-0.1, -0.05) is 29.8 Å². The molecule has 0 unspecified atom stereocenters. The van der Waals surface area contributed by atoms with Crippen molar-refractivity contribution in [1.82, 2.24) is 13.6 Å². The Labute approximate surface area is 199 Å². The highest BCUT2D eigenvalue weighted by Crippen LogP contribution is 2.27. The fraction of sp³-hybridized carbons (Fsp3) is 0.136. The number of fused-ring (bicyclic) bond motifs is 1. The predicted octanol–water partition coefficient (Wildman–Crippen LogP) is 4.87. The van der Waals surface area contributed by atoms with Crippen molar-refractivity contribution in [2.24, 2.45) is 0 Å². The maximum Gasteiger partial charge on any atom is 0.264 e. The Morgan fingerprint density at radius 3 is 2.70 bits per heavy atom. The van der Waals surface area contributed by atoms with Crippen LogP contribution in [0.1, 0.15) is 21.5 Å². The summed E-state index contributed by atoms with van der Waals surface area (Å²) in [5.41, 5.74) is 2.36. The van der Waals surface area contributed by atoms with E-state index in [1.165, 1.54) is 29.2 Å². The summed E-state index contributed by atoms with van der Waals surface area (Å²) in [7, 11) is -2.50. The van der Waals surface area contributed by atoms with E-state index in [1.807, 2.05) is 0 Å². The molecule has 3 aromatic carbocycles. The van der Waals surface area contributed by atoms with Crippen molar-refractivity contribution in [2.45, 2.75) is 18.4 Å². The number of aromatic nitrogens is 2. The molecule has 33 heavy (non-hydrogen) atoms. The van der Waals surface area contributed by atoms with Gasteiger partial charge in [-0.15, -0.1) is 0 Å². The molecule has 1 amide bonds. The molecule has 1 heterocycles. The largest absolute Gasteiger partial charge is 0.337 e. The molecule has 7 nitrogen and oxygen atoms in total. The van der Waals surface area contributed by atoms with Crippen LogP contribution in [-0.2, 0) is 16.6 Å². The van der Waals surface area contributed by atoms with E-state index in [9.17, 15) is 17.6 Å². The number of sulfonamides is 1. The highest BCUT2D eigenvalue weighted by atomic mass is 35.5. The minimum absolute atomic E-state index is 0.0277. The first-order valence-electron chi connectivity index (χ1n) is 9.70. The van der Waals surface area contributed by atoms with Gasteiger partial charge in [-0.25, -0.2) is 12.8 Å². The molecule has 0 spiro atoms. The maximum atomic E-state index is 13.3. The molecular formula is C22H18ClFN4O3S2. The topological polar surface area (TPSA) is 92.3 Å². The second-order valence-corrected chi connectivity index (χ2v) is 10.0. The van der Waals surface area contributed by atoms with E-state index in [2.05, 4.69) is 13.5 Å². The number of carbonyl (C=O) groups is 1. The zero-order valence-corrected chi connectivity index (χ0v) is 19.9. The van der Waals surface area contributed by atoms with Gasteiger partial charge in [0, 0.05) is 18.6 Å². The number of halogens is 2. The number of aryl methyl sites for hydroxylation is 1. The second-order valence-electron chi connectivity index (χ2n) is 7.44. The number of hydrogen-bond acceptors (Lipinski definition) is 6. The summed E-state index contributed by atoms with van der Waals surface area (Å²) in [6, 6.07) is 13.5. The minimum atomic E-state index is -4.06. The summed E-state index contributed by atoms with van der Waals surface area (Å²) < 4.78 is 50.4. The Morgan fingerprint density at radius 2 is 1.94 bits per heavy atom. The highest BCUT2D eigenvalue weighted by molar-refractivity contribution is 7.93. The van der Waals surface area contributed by atoms with Gasteiger partial charge >= 0.3 is 0 Å². The summed E-state index contributed by atoms with van der Waals surface area (Å²) in [5.74, 6) is -0.903. The number of benzene rings is 3. The number of nitrogens with zero attached hydrogens (tertiary/aromatic N) is 3. The third kappa shape index (κ3) is 4.82. The molecule has 1 N–H and O–H groups in total. The molecule has 0 saturated heterocycles. The first kappa shape index (κ1) is 23.1. The van der Waals surface area contributed by atoms with Gasteiger partial charge in [0.1, 0.15) is 21.7 Å². The number of nitrogens with one attached hydrogen (secondary N) is 1. The average Bonchev–Trinajstić information content (AvgIpc) is 3.24. The van der Waals surface area contributed by atoms with Gasteiger partial charge in [0.15, 0.2) is 0 Å². The number of amides is 1. The molecule has 0 saturated carbocycles. The van der Waals surface area contributed by atoms with Crippen LogP contribution < -0.4 is 4.72 Å². The lowest BCUT2D eigenvalue weighted by molar-refractivity contribution is 0.0786. The van der Waals surface area contributed by atoms with Crippen LogP contribution in [0.15, 0.2) is 59.5 Å². The number of rotatable bonds is 6. The summed E-state index contributed by atoms with van der Waals surface area (Å²) in [5, 5.41) is 0.199. The summed E-state index contributed by atoms with van der Waals surface area (Å²) in [6.45, 7) is 1.90. The van der Waals surface area contributed by atoms with E-state index in [0.29, 0.717) is 11.1 Å². The smallest absolute Gasteiger partial charge is 0.264 e. The van der Waals surface area contributed by atoms with Crippen LogP contribution in [-0.4, -0.2) is 35.0 Å². The zero-order valence-electron chi connectivity index (χ0n) is 17.5. The molecule has 170 valence electrons. The van der Waals surface area contributed by atoms with Crippen molar-refractivity contribution >= 4 is 56.0 Å². The molecule has 0 radical (unpaired) electrons. The Kier molecular flexibility index (Phi) is 6.33. The highest BCUT2D eigenvalue weighted by Gasteiger charge is 2.24. The van der Waals surface area contributed by atoms with Crippen molar-refractivity contribution in [3.05, 3.63) is 82.1 Å². The molecular weight excluding hydrogens is 487 g/mol. The van der Waals surface area contributed by atoms with Crippen molar-refractivity contribution in [1.29, 1.82) is 0 Å². The molecule has 0 aliphatic carbocycles. The lowest BCUT2D eigenvalue weighted by atomic mass is 10.1. The van der Waals surface area contributed by atoms with Gasteiger partial charge in [0.25, 0.3) is 15.9 Å². The maximum absolute atomic E-state index is 13.3. The van der Waals surface area contributed by atoms with Gasteiger partial charge in [-0.05, 0) is 54.4 Å². The number of anilines is 1. The van der Waals surface area contributed by atoms with Crippen LogP contribution in [0, 0.1) is 12.7 Å². The van der Waals surface area contributed by atoms with Gasteiger partial charge < -0.3 is 4.90 Å². The molecule has 1 aromatic heterocycles. The van der Waals surface area contributed by atoms with Gasteiger partial charge in [-0.3, -0.25) is 9.52 Å². The molecule has 4 rings (SSSR count). The molecule has 0 atom stereocenters. The zero-order chi connectivity index (χ0) is 23.8. The lowest BCUT2D eigenvalue weighted by Gasteiger charge is -2.20. The van der Waals surface area contributed by atoms with Gasteiger partial charge in [0.05, 0.1) is 23.0 Å².